The Bertz CT molecular complexity index is 1380. The monoisotopic (exact) mass is 467 g/mol. The molecule has 0 bridgehead atoms. The summed E-state index contributed by atoms with van der Waals surface area (Å²) < 4.78 is 1.82. The zero-order valence-electron chi connectivity index (χ0n) is 19.5. The van der Waals surface area contributed by atoms with Crippen LogP contribution in [0.25, 0.3) is 16.8 Å². The quantitative estimate of drug-likeness (QED) is 0.439. The van der Waals surface area contributed by atoms with Gasteiger partial charge in [-0.25, -0.2) is 4.98 Å². The molecule has 35 heavy (non-hydrogen) atoms. The van der Waals surface area contributed by atoms with Crippen LogP contribution in [0.4, 0.5) is 5.69 Å². The molecule has 0 spiro atoms. The van der Waals surface area contributed by atoms with Crippen LogP contribution < -0.4 is 5.73 Å². The van der Waals surface area contributed by atoms with Crippen LogP contribution in [0.5, 0.6) is 0 Å². The summed E-state index contributed by atoms with van der Waals surface area (Å²) in [5.74, 6) is 0.264. The summed E-state index contributed by atoms with van der Waals surface area (Å²) in [5, 5.41) is 11.9. The lowest BCUT2D eigenvalue weighted by Crippen LogP contribution is -2.59. The molecule has 2 aliphatic rings. The van der Waals surface area contributed by atoms with Gasteiger partial charge in [0.15, 0.2) is 0 Å². The molecular weight excluding hydrogens is 438 g/mol. The number of aromatic nitrogens is 3. The van der Waals surface area contributed by atoms with E-state index in [4.69, 9.17) is 10.7 Å². The maximum absolute atomic E-state index is 14.0. The van der Waals surface area contributed by atoms with Gasteiger partial charge >= 0.3 is 0 Å². The molecule has 2 fully saturated rings. The highest BCUT2D eigenvalue weighted by Gasteiger charge is 2.50. The molecule has 1 saturated heterocycles. The van der Waals surface area contributed by atoms with E-state index in [2.05, 4.69) is 4.98 Å². The minimum absolute atomic E-state index is 0.00219. The maximum Gasteiger partial charge on any atom is 0.290 e. The van der Waals surface area contributed by atoms with Crippen LogP contribution >= 0.6 is 0 Å². The van der Waals surface area contributed by atoms with Gasteiger partial charge in [-0.05, 0) is 37.0 Å². The standard InChI is InChI=1S/C28H29N5O2/c29-21-10-6-7-19(17-21)25-24-18-30-14-16-32(24)26(31-25)27(34)33-15-13-28(35,20-8-2-1-3-9-20)22-11-4-5-12-23(22)33/h1-3,6-10,14,16-18,22-23,35H,4-5,11-13,15,29H2/t22-,23+,28-/m0/s1. The lowest BCUT2D eigenvalue weighted by molar-refractivity contribution is -0.110. The first-order valence-corrected chi connectivity index (χ1v) is 12.3. The Morgan fingerprint density at radius 1 is 1.09 bits per heavy atom. The van der Waals surface area contributed by atoms with Gasteiger partial charge in [-0.1, -0.05) is 55.3 Å². The van der Waals surface area contributed by atoms with Crippen LogP contribution in [0.3, 0.4) is 0 Å². The fraction of sp³-hybridized carbons (Fsp3) is 0.321. The second-order valence-electron chi connectivity index (χ2n) is 9.74. The van der Waals surface area contributed by atoms with Crippen molar-refractivity contribution in [2.45, 2.75) is 43.7 Å². The first-order valence-electron chi connectivity index (χ1n) is 12.3. The predicted molar refractivity (Wildman–Crippen MR) is 135 cm³/mol. The molecule has 0 radical (unpaired) electrons. The van der Waals surface area contributed by atoms with E-state index >= 15 is 0 Å². The largest absolute Gasteiger partial charge is 0.399 e. The fourth-order valence-corrected chi connectivity index (χ4v) is 6.14. The van der Waals surface area contributed by atoms with E-state index in [0.29, 0.717) is 30.2 Å². The third kappa shape index (κ3) is 3.58. The highest BCUT2D eigenvalue weighted by molar-refractivity contribution is 5.95. The summed E-state index contributed by atoms with van der Waals surface area (Å²) in [6.07, 6.45) is 9.61. The average molecular weight is 468 g/mol. The number of hydrogen-bond donors (Lipinski definition) is 2. The second-order valence-corrected chi connectivity index (χ2v) is 9.74. The molecular formula is C28H29N5O2. The Kier molecular flexibility index (Phi) is 5.29. The number of benzene rings is 2. The summed E-state index contributed by atoms with van der Waals surface area (Å²) in [5.41, 5.74) is 8.99. The van der Waals surface area contributed by atoms with E-state index in [1.54, 1.807) is 18.6 Å². The van der Waals surface area contributed by atoms with Crippen molar-refractivity contribution in [2.75, 3.05) is 12.3 Å². The number of rotatable bonds is 3. The van der Waals surface area contributed by atoms with Crippen LogP contribution in [0.1, 0.15) is 48.3 Å². The number of piperidine rings is 1. The molecule has 4 aromatic rings. The lowest BCUT2D eigenvalue weighted by Gasteiger charge is -2.52. The van der Waals surface area contributed by atoms with Crippen molar-refractivity contribution in [2.24, 2.45) is 5.92 Å². The smallest absolute Gasteiger partial charge is 0.290 e. The van der Waals surface area contributed by atoms with Crippen LogP contribution in [0, 0.1) is 5.92 Å². The zero-order chi connectivity index (χ0) is 24.0. The number of nitrogen functional groups attached to an aromatic ring is 1. The van der Waals surface area contributed by atoms with E-state index in [0.717, 1.165) is 42.3 Å². The molecule has 2 aromatic carbocycles. The fourth-order valence-electron chi connectivity index (χ4n) is 6.14. The van der Waals surface area contributed by atoms with Crippen molar-refractivity contribution in [1.29, 1.82) is 0 Å². The van der Waals surface area contributed by atoms with Crippen LogP contribution in [0.15, 0.2) is 73.2 Å². The molecule has 1 amide bonds. The Morgan fingerprint density at radius 2 is 1.91 bits per heavy atom. The van der Waals surface area contributed by atoms with Gasteiger partial charge in [0.1, 0.15) is 0 Å². The third-order valence-electron chi connectivity index (χ3n) is 7.81. The molecule has 7 heteroatoms. The molecule has 6 rings (SSSR count). The number of nitrogens with zero attached hydrogens (tertiary/aromatic N) is 4. The van der Waals surface area contributed by atoms with E-state index in [1.165, 1.54) is 0 Å². The molecule has 3 atom stereocenters. The number of carbonyl (C=O) groups is 1. The number of likely N-dealkylation sites (tertiary alicyclic amines) is 1. The first kappa shape index (κ1) is 21.8. The number of anilines is 1. The second kappa shape index (κ2) is 8.50. The molecule has 178 valence electrons. The van der Waals surface area contributed by atoms with Crippen molar-refractivity contribution in [3.63, 3.8) is 0 Å². The van der Waals surface area contributed by atoms with Crippen LogP contribution in [-0.4, -0.2) is 42.9 Å². The average Bonchev–Trinajstić information content (AvgIpc) is 3.29. The van der Waals surface area contributed by atoms with Crippen LogP contribution in [-0.2, 0) is 5.60 Å². The highest BCUT2D eigenvalue weighted by Crippen LogP contribution is 2.47. The molecule has 3 heterocycles. The van der Waals surface area contributed by atoms with Gasteiger partial charge in [-0.3, -0.25) is 14.2 Å². The molecule has 2 aromatic heterocycles. The topological polar surface area (TPSA) is 96.8 Å². The summed E-state index contributed by atoms with van der Waals surface area (Å²) >= 11 is 0. The SMILES string of the molecule is Nc1cccc(-c2nc(C(=O)N3CC[C@](O)(c4ccccc4)[C@H]4CCCC[C@H]43)n3ccncc23)c1. The van der Waals surface area contributed by atoms with E-state index in [-0.39, 0.29) is 17.9 Å². The molecule has 1 saturated carbocycles. The number of amides is 1. The minimum atomic E-state index is -0.922. The van der Waals surface area contributed by atoms with Gasteiger partial charge < -0.3 is 15.7 Å². The Balaban J connectivity index is 1.39. The van der Waals surface area contributed by atoms with E-state index in [1.807, 2.05) is 63.9 Å². The summed E-state index contributed by atoms with van der Waals surface area (Å²) in [6.45, 7) is 0.485. The Morgan fingerprint density at radius 3 is 2.74 bits per heavy atom. The normalized spacial score (nSPS) is 24.3. The lowest BCUT2D eigenvalue weighted by atomic mass is 9.66. The number of hydrogen-bond acceptors (Lipinski definition) is 5. The number of fused-ring (bicyclic) bond motifs is 2. The van der Waals surface area contributed by atoms with Crippen molar-refractivity contribution >= 4 is 17.1 Å². The van der Waals surface area contributed by atoms with Crippen molar-refractivity contribution < 1.29 is 9.90 Å². The van der Waals surface area contributed by atoms with Crippen molar-refractivity contribution in [3.8, 4) is 11.3 Å². The molecule has 3 N–H and O–H groups in total. The maximum atomic E-state index is 14.0. The van der Waals surface area contributed by atoms with Crippen molar-refractivity contribution in [1.82, 2.24) is 19.3 Å². The number of imidazole rings is 1. The molecule has 0 unspecified atom stereocenters. The summed E-state index contributed by atoms with van der Waals surface area (Å²) in [7, 11) is 0. The van der Waals surface area contributed by atoms with E-state index < -0.39 is 5.60 Å². The van der Waals surface area contributed by atoms with Gasteiger partial charge in [0.05, 0.1) is 23.0 Å². The Labute approximate surface area is 204 Å². The zero-order valence-corrected chi connectivity index (χ0v) is 19.5. The van der Waals surface area contributed by atoms with Gasteiger partial charge in [0.25, 0.3) is 5.91 Å². The molecule has 1 aliphatic carbocycles. The van der Waals surface area contributed by atoms with Crippen molar-refractivity contribution in [3.05, 3.63) is 84.6 Å². The summed E-state index contributed by atoms with van der Waals surface area (Å²) in [4.78, 5) is 25.1. The van der Waals surface area contributed by atoms with E-state index in [9.17, 15) is 9.90 Å². The van der Waals surface area contributed by atoms with Gasteiger partial charge in [0.2, 0.25) is 5.82 Å². The van der Waals surface area contributed by atoms with Crippen LogP contribution in [0.2, 0.25) is 0 Å². The number of nitrogens with two attached hydrogens (primary N) is 1. The third-order valence-corrected chi connectivity index (χ3v) is 7.81. The number of carbonyl (C=O) groups excluding carboxylic acids is 1. The highest BCUT2D eigenvalue weighted by atomic mass is 16.3. The van der Waals surface area contributed by atoms with Gasteiger partial charge in [0, 0.05) is 42.1 Å². The molecule has 1 aliphatic heterocycles. The minimum Gasteiger partial charge on any atom is -0.399 e. The van der Waals surface area contributed by atoms with Gasteiger partial charge in [-0.2, -0.15) is 0 Å². The first-order chi connectivity index (χ1) is 17.1. The molecule has 7 nitrogen and oxygen atoms in total. The Hall–Kier alpha value is -3.71. The predicted octanol–water partition coefficient (Wildman–Crippen LogP) is 4.27. The van der Waals surface area contributed by atoms with Gasteiger partial charge in [-0.15, -0.1) is 0 Å². The summed E-state index contributed by atoms with van der Waals surface area (Å²) in [6, 6.07) is 17.4. The number of aliphatic hydroxyl groups is 1.